The summed E-state index contributed by atoms with van der Waals surface area (Å²) >= 11 is 5.55. The second-order valence-electron chi connectivity index (χ2n) is 4.16. The van der Waals surface area contributed by atoms with Crippen molar-refractivity contribution >= 4 is 17.5 Å². The summed E-state index contributed by atoms with van der Waals surface area (Å²) in [7, 11) is 1.58. The van der Waals surface area contributed by atoms with E-state index >= 15 is 0 Å². The molecule has 0 spiro atoms. The van der Waals surface area contributed by atoms with Crippen molar-refractivity contribution < 1.29 is 18.7 Å². The van der Waals surface area contributed by atoms with Gasteiger partial charge in [-0.15, -0.1) is 11.6 Å². The molecule has 0 fully saturated rings. The van der Waals surface area contributed by atoms with Crippen molar-refractivity contribution in [2.24, 2.45) is 0 Å². The van der Waals surface area contributed by atoms with Crippen LogP contribution >= 0.6 is 11.6 Å². The molecule has 20 heavy (non-hydrogen) atoms. The first-order valence-electron chi connectivity index (χ1n) is 6.38. The summed E-state index contributed by atoms with van der Waals surface area (Å²) in [5.74, 6) is 0.155. The molecule has 112 valence electrons. The average molecular weight is 304 g/mol. The first-order valence-corrected chi connectivity index (χ1v) is 6.92. The molecule has 1 rings (SSSR count). The van der Waals surface area contributed by atoms with Gasteiger partial charge in [0.05, 0.1) is 13.2 Å². The molecule has 0 N–H and O–H groups in total. The van der Waals surface area contributed by atoms with Crippen LogP contribution in [0.3, 0.4) is 0 Å². The Bertz CT molecular complexity index is 400. The number of hydrogen-bond acceptors (Lipinski definition) is 3. The fourth-order valence-electron chi connectivity index (χ4n) is 1.62. The maximum atomic E-state index is 12.7. The number of methoxy groups -OCH3 is 1. The van der Waals surface area contributed by atoms with Crippen molar-refractivity contribution in [2.45, 2.75) is 6.42 Å². The Hall–Kier alpha value is -1.33. The van der Waals surface area contributed by atoms with E-state index in [9.17, 15) is 9.18 Å². The van der Waals surface area contributed by atoms with Crippen LogP contribution in [0.25, 0.3) is 0 Å². The average Bonchev–Trinajstić information content (AvgIpc) is 2.47. The van der Waals surface area contributed by atoms with E-state index in [1.807, 2.05) is 0 Å². The lowest BCUT2D eigenvalue weighted by molar-refractivity contribution is -0.129. The standard InChI is InChI=1S/C14H19ClFNO3/c1-19-10-8-17(14(18)11-15)7-2-9-20-13-5-3-12(16)4-6-13/h3-6H,2,7-11H2,1H3. The van der Waals surface area contributed by atoms with Crippen LogP contribution in [0, 0.1) is 5.82 Å². The van der Waals surface area contributed by atoms with Crippen LogP contribution in [0.2, 0.25) is 0 Å². The zero-order valence-corrected chi connectivity index (χ0v) is 12.2. The molecule has 6 heteroatoms. The van der Waals surface area contributed by atoms with Gasteiger partial charge in [0.1, 0.15) is 17.4 Å². The highest BCUT2D eigenvalue weighted by atomic mass is 35.5. The van der Waals surface area contributed by atoms with Crippen LogP contribution in [0.5, 0.6) is 5.75 Å². The zero-order chi connectivity index (χ0) is 14.8. The predicted octanol–water partition coefficient (Wildman–Crippen LogP) is 2.31. The molecule has 1 aromatic rings. The van der Waals surface area contributed by atoms with Crippen LogP contribution in [0.4, 0.5) is 4.39 Å². The fourth-order valence-corrected chi connectivity index (χ4v) is 1.79. The minimum absolute atomic E-state index is 0.0392. The topological polar surface area (TPSA) is 38.8 Å². The Balaban J connectivity index is 2.29. The summed E-state index contributed by atoms with van der Waals surface area (Å²) in [4.78, 5) is 13.2. The number of nitrogens with zero attached hydrogens (tertiary/aromatic N) is 1. The normalized spacial score (nSPS) is 10.3. The van der Waals surface area contributed by atoms with Gasteiger partial charge in [-0.05, 0) is 30.7 Å². The molecule has 0 aliphatic carbocycles. The van der Waals surface area contributed by atoms with Crippen molar-refractivity contribution in [2.75, 3.05) is 39.3 Å². The summed E-state index contributed by atoms with van der Waals surface area (Å²) in [6.45, 7) is 1.99. The van der Waals surface area contributed by atoms with Crippen molar-refractivity contribution in [3.05, 3.63) is 30.1 Å². The quantitative estimate of drug-likeness (QED) is 0.519. The fraction of sp³-hybridized carbons (Fsp3) is 0.500. The molecular weight excluding hydrogens is 285 g/mol. The lowest BCUT2D eigenvalue weighted by Gasteiger charge is -2.21. The number of halogens is 2. The predicted molar refractivity (Wildman–Crippen MR) is 75.7 cm³/mol. The number of amides is 1. The molecule has 0 atom stereocenters. The van der Waals surface area contributed by atoms with E-state index in [-0.39, 0.29) is 17.6 Å². The first-order chi connectivity index (χ1) is 9.67. The van der Waals surface area contributed by atoms with Gasteiger partial charge in [0.15, 0.2) is 0 Å². The lowest BCUT2D eigenvalue weighted by Crippen LogP contribution is -2.36. The molecular formula is C14H19ClFNO3. The molecule has 1 aromatic carbocycles. The van der Waals surface area contributed by atoms with Crippen LogP contribution < -0.4 is 4.74 Å². The van der Waals surface area contributed by atoms with Crippen molar-refractivity contribution in [3.8, 4) is 5.75 Å². The van der Waals surface area contributed by atoms with Gasteiger partial charge in [-0.3, -0.25) is 4.79 Å². The third kappa shape index (κ3) is 6.21. The summed E-state index contributed by atoms with van der Waals surface area (Å²) in [5, 5.41) is 0. The molecule has 0 aliphatic heterocycles. The van der Waals surface area contributed by atoms with Crippen LogP contribution in [0.1, 0.15) is 6.42 Å². The maximum absolute atomic E-state index is 12.7. The zero-order valence-electron chi connectivity index (χ0n) is 11.5. The molecule has 0 unspecified atom stereocenters. The minimum Gasteiger partial charge on any atom is -0.494 e. The van der Waals surface area contributed by atoms with Gasteiger partial charge < -0.3 is 14.4 Å². The van der Waals surface area contributed by atoms with Crippen molar-refractivity contribution in [1.29, 1.82) is 0 Å². The Kier molecular flexibility index (Phi) is 7.99. The number of ether oxygens (including phenoxy) is 2. The SMILES string of the molecule is COCCN(CCCOc1ccc(F)cc1)C(=O)CCl. The smallest absolute Gasteiger partial charge is 0.237 e. The van der Waals surface area contributed by atoms with Crippen molar-refractivity contribution in [1.82, 2.24) is 4.90 Å². The molecule has 0 saturated heterocycles. The Morgan fingerprint density at radius 1 is 1.25 bits per heavy atom. The number of carbonyl (C=O) groups excluding carboxylic acids is 1. The number of hydrogen-bond donors (Lipinski definition) is 0. The number of benzene rings is 1. The maximum Gasteiger partial charge on any atom is 0.237 e. The molecule has 0 radical (unpaired) electrons. The van der Waals surface area contributed by atoms with Gasteiger partial charge in [-0.25, -0.2) is 4.39 Å². The molecule has 0 aromatic heterocycles. The number of rotatable bonds is 9. The number of carbonyl (C=O) groups is 1. The Morgan fingerprint density at radius 3 is 2.55 bits per heavy atom. The molecule has 0 saturated carbocycles. The highest BCUT2D eigenvalue weighted by Crippen LogP contribution is 2.11. The van der Waals surface area contributed by atoms with E-state index < -0.39 is 0 Å². The third-order valence-electron chi connectivity index (χ3n) is 2.69. The summed E-state index contributed by atoms with van der Waals surface area (Å²) < 4.78 is 23.1. The molecule has 1 amide bonds. The second kappa shape index (κ2) is 9.55. The van der Waals surface area contributed by atoms with Gasteiger partial charge in [-0.1, -0.05) is 0 Å². The van der Waals surface area contributed by atoms with Crippen LogP contribution in [-0.2, 0) is 9.53 Å². The highest BCUT2D eigenvalue weighted by molar-refractivity contribution is 6.27. The van der Waals surface area contributed by atoms with Crippen LogP contribution in [0.15, 0.2) is 24.3 Å². The second-order valence-corrected chi connectivity index (χ2v) is 4.43. The first kappa shape index (κ1) is 16.7. The van der Waals surface area contributed by atoms with Gasteiger partial charge in [0.25, 0.3) is 0 Å². The molecule has 0 heterocycles. The Labute approximate surface area is 123 Å². The van der Waals surface area contributed by atoms with E-state index in [0.29, 0.717) is 38.5 Å². The van der Waals surface area contributed by atoms with E-state index in [0.717, 1.165) is 0 Å². The summed E-state index contributed by atoms with van der Waals surface area (Å²) in [5.41, 5.74) is 0. The third-order valence-corrected chi connectivity index (χ3v) is 2.92. The van der Waals surface area contributed by atoms with Gasteiger partial charge >= 0.3 is 0 Å². The van der Waals surface area contributed by atoms with Gasteiger partial charge in [-0.2, -0.15) is 0 Å². The van der Waals surface area contributed by atoms with E-state index in [1.54, 1.807) is 24.1 Å². The molecule has 4 nitrogen and oxygen atoms in total. The largest absolute Gasteiger partial charge is 0.494 e. The monoisotopic (exact) mass is 303 g/mol. The van der Waals surface area contributed by atoms with E-state index in [4.69, 9.17) is 21.1 Å². The summed E-state index contributed by atoms with van der Waals surface area (Å²) in [6.07, 6.45) is 0.670. The lowest BCUT2D eigenvalue weighted by atomic mass is 10.3. The molecule has 0 bridgehead atoms. The van der Waals surface area contributed by atoms with Crippen molar-refractivity contribution in [3.63, 3.8) is 0 Å². The van der Waals surface area contributed by atoms with Gasteiger partial charge in [0, 0.05) is 20.2 Å². The van der Waals surface area contributed by atoms with Crippen LogP contribution in [-0.4, -0.2) is 50.1 Å². The van der Waals surface area contributed by atoms with Gasteiger partial charge in [0.2, 0.25) is 5.91 Å². The highest BCUT2D eigenvalue weighted by Gasteiger charge is 2.11. The number of alkyl halides is 1. The minimum atomic E-state index is -0.296. The summed E-state index contributed by atoms with van der Waals surface area (Å²) in [6, 6.07) is 5.83. The Morgan fingerprint density at radius 2 is 1.95 bits per heavy atom. The van der Waals surface area contributed by atoms with E-state index in [2.05, 4.69) is 0 Å². The molecule has 0 aliphatic rings. The van der Waals surface area contributed by atoms with E-state index in [1.165, 1.54) is 12.1 Å².